The van der Waals surface area contributed by atoms with Gasteiger partial charge in [0.2, 0.25) is 17.2 Å². The van der Waals surface area contributed by atoms with Crippen molar-refractivity contribution in [3.63, 3.8) is 0 Å². The molecule has 1 aliphatic carbocycles. The van der Waals surface area contributed by atoms with Crippen LogP contribution in [0.5, 0.6) is 17.2 Å². The van der Waals surface area contributed by atoms with Gasteiger partial charge in [0.15, 0.2) is 41.8 Å². The molecule has 30 heteroatoms. The van der Waals surface area contributed by atoms with Crippen LogP contribution in [0.3, 0.4) is 0 Å². The summed E-state index contributed by atoms with van der Waals surface area (Å²) in [7, 11) is 11.0. The Morgan fingerprint density at radius 2 is 1.57 bits per heavy atom. The van der Waals surface area contributed by atoms with Crippen LogP contribution in [0.4, 0.5) is 4.79 Å². The summed E-state index contributed by atoms with van der Waals surface area (Å²) in [6, 6.07) is -2.50. The molecule has 486 valence electrons. The number of halogens is 1. The number of hydrogen-bond donors (Lipinski definition) is 9. The van der Waals surface area contributed by atoms with Crippen LogP contribution in [0.2, 0.25) is 0 Å². The second-order valence-corrected chi connectivity index (χ2v) is 27.4. The number of thioether (sulfide) groups is 1. The third kappa shape index (κ3) is 17.8. The first kappa shape index (κ1) is 73.1. The number of rotatable bonds is 25. The number of hydroxylamine groups is 1. The zero-order valence-corrected chi connectivity index (χ0v) is 55.7. The van der Waals surface area contributed by atoms with Crippen molar-refractivity contribution in [3.05, 3.63) is 50.7 Å². The highest BCUT2D eigenvalue weighted by atomic mass is 127. The second kappa shape index (κ2) is 33.6. The second-order valence-electron chi connectivity index (χ2n) is 20.8. The molecule has 0 bridgehead atoms. The minimum Gasteiger partial charge on any atom is -0.492 e. The average Bonchev–Trinajstić information content (AvgIpc) is 0.912. The third-order valence-corrected chi connectivity index (χ3v) is 21.5. The fourth-order valence-electron chi connectivity index (χ4n) is 10.3. The summed E-state index contributed by atoms with van der Waals surface area (Å²) in [5.74, 6) is 7.75. The van der Waals surface area contributed by atoms with Gasteiger partial charge in [0.05, 0.1) is 97.4 Å². The van der Waals surface area contributed by atoms with Crippen LogP contribution in [0.1, 0.15) is 69.8 Å². The van der Waals surface area contributed by atoms with Gasteiger partial charge in [-0.2, -0.15) is 5.48 Å². The number of methoxy groups -OCH3 is 5. The lowest BCUT2D eigenvalue weighted by atomic mass is 9.80. The number of Topliss-reactive ketones (excluding diaryl/α,β-unsaturated/α-hetero) is 1. The van der Waals surface area contributed by atoms with Gasteiger partial charge in [0, 0.05) is 44.0 Å². The fourth-order valence-corrected chi connectivity index (χ4v) is 14.5. The maximum atomic E-state index is 14.4. The van der Waals surface area contributed by atoms with Crippen molar-refractivity contribution >= 4 is 82.8 Å². The van der Waals surface area contributed by atoms with Gasteiger partial charge in [-0.05, 0) is 103 Å². The molecule has 5 aliphatic rings. The van der Waals surface area contributed by atoms with E-state index in [1.54, 1.807) is 34.8 Å². The minimum absolute atomic E-state index is 0.0159. The Balaban J connectivity index is 1.23. The summed E-state index contributed by atoms with van der Waals surface area (Å²) >= 11 is 2.80. The number of ether oxygens (including phenoxy) is 12. The van der Waals surface area contributed by atoms with E-state index in [9.17, 15) is 45.0 Å². The fraction of sp³-hybridized carbons (Fsp3) is 0.667. The Morgan fingerprint density at radius 3 is 2.21 bits per heavy atom. The highest BCUT2D eigenvalue weighted by Crippen LogP contribution is 2.49. The third-order valence-electron chi connectivity index (χ3n) is 15.0. The molecule has 4 heterocycles. The number of ketones is 1. The molecule has 1 aromatic carbocycles. The molecule has 9 N–H and O–H groups in total. The number of benzene rings is 1. The molecule has 0 aromatic heterocycles. The van der Waals surface area contributed by atoms with Crippen LogP contribution >= 0.6 is 65.8 Å². The molecule has 6 rings (SSSR count). The number of aliphatic hydroxyl groups excluding tert-OH is 4. The molecular weight excluding hydrogens is 1330 g/mol. The molecule has 1 amide bonds. The Hall–Kier alpha value is -2.98. The smallest absolute Gasteiger partial charge is 0.407 e. The highest BCUT2D eigenvalue weighted by Gasteiger charge is 2.53. The van der Waals surface area contributed by atoms with E-state index in [2.05, 4.69) is 51.1 Å². The topological polar surface area (TPSA) is 329 Å². The molecule has 25 nitrogen and oxygen atoms in total. The van der Waals surface area contributed by atoms with E-state index in [1.165, 1.54) is 77.9 Å². The molecule has 20 atom stereocenters. The number of alkyl carbamates (subject to hydrolysis) is 1. The Kier molecular flexibility index (Phi) is 28.2. The van der Waals surface area contributed by atoms with Crippen molar-refractivity contribution in [1.82, 2.24) is 16.1 Å². The zero-order valence-electron chi connectivity index (χ0n) is 50.3. The minimum atomic E-state index is -2.76. The molecule has 4 aliphatic heterocycles. The molecular formula is C57H80IN3O22S4. The van der Waals surface area contributed by atoms with Crippen molar-refractivity contribution in [2.75, 3.05) is 60.7 Å². The lowest BCUT2D eigenvalue weighted by molar-refractivity contribution is -0.360. The normalized spacial score (nSPS) is 35.6. The number of nitrogens with one attached hydrogen (secondary N) is 3. The molecule has 0 saturated carbocycles. The standard InChI is InChI=1S/C57H80IN3O22S4/c1-14-59-34-26-76-38(24-37(34)71-8)80-49-44(65)42(30(5)78-54(49)82-57(70)21-18-16-15-17-20-56(69,25-36(63)29(4)60-55(68)75-12)33(28(57)3)19-22-85-87-84-13)61-83-39-23-35(62)51(32(7)77-39)86-52(67)40-27(2)41(58)47(50(74-11)46(40)72-9)81-53-45(66)48(73-10)43(64)31(6)79-53/h15-16,19,29-32,34-35,37-39,42-45,48-49,51,53-54,59,61-62,64-66,69-70H,3,14,22-26H2,1-2,4-13H3,(H,60,68)/b16-15-,33-19+/t29?,30?,31?,32?,34?,35?,37?,38?,39?,42?,43?,44?,45?,48?,49?,51?,53?,54?,56-,57-/m0/s1. The van der Waals surface area contributed by atoms with Gasteiger partial charge in [0.1, 0.15) is 30.5 Å². The van der Waals surface area contributed by atoms with Crippen molar-refractivity contribution in [2.45, 2.75) is 182 Å². The molecule has 0 radical (unpaired) electrons. The van der Waals surface area contributed by atoms with Crippen LogP contribution in [-0.2, 0) is 52.3 Å². The van der Waals surface area contributed by atoms with Gasteiger partial charge in [-0.3, -0.25) is 14.4 Å². The number of carbonyl (C=O) groups is 3. The number of hydrogen-bond acceptors (Lipinski definition) is 28. The van der Waals surface area contributed by atoms with Crippen LogP contribution in [0.15, 0.2) is 36.0 Å². The summed E-state index contributed by atoms with van der Waals surface area (Å²) in [4.78, 5) is 46.3. The maximum absolute atomic E-state index is 14.4. The van der Waals surface area contributed by atoms with Gasteiger partial charge < -0.3 is 98.1 Å². The number of carbonyl (C=O) groups excluding carboxylic acids is 3. The van der Waals surface area contributed by atoms with Crippen LogP contribution in [-0.4, -0.2) is 229 Å². The van der Waals surface area contributed by atoms with Crippen molar-refractivity contribution in [3.8, 4) is 40.9 Å². The van der Waals surface area contributed by atoms with Crippen molar-refractivity contribution < 1.29 is 107 Å². The van der Waals surface area contributed by atoms with Crippen LogP contribution in [0.25, 0.3) is 0 Å². The summed E-state index contributed by atoms with van der Waals surface area (Å²) < 4.78 is 71.7. The van der Waals surface area contributed by atoms with E-state index in [0.717, 1.165) is 18.9 Å². The van der Waals surface area contributed by atoms with Crippen LogP contribution in [0, 0.1) is 34.2 Å². The van der Waals surface area contributed by atoms with E-state index in [1.807, 2.05) is 35.8 Å². The Bertz CT molecular complexity index is 2740. The number of allylic oxidation sites excluding steroid dienone is 2. The summed E-state index contributed by atoms with van der Waals surface area (Å²) in [6.45, 7) is 14.8. The van der Waals surface area contributed by atoms with Gasteiger partial charge in [0.25, 0.3) is 5.79 Å². The molecule has 4 saturated heterocycles. The number of amides is 1. The Morgan fingerprint density at radius 1 is 0.885 bits per heavy atom. The quantitative estimate of drug-likeness (QED) is 0.0169. The molecule has 87 heavy (non-hydrogen) atoms. The lowest BCUT2D eigenvalue weighted by Crippen LogP contribution is -2.65. The predicted octanol–water partition coefficient (Wildman–Crippen LogP) is 3.19. The van der Waals surface area contributed by atoms with Crippen LogP contribution < -0.4 is 30.3 Å². The van der Waals surface area contributed by atoms with Crippen molar-refractivity contribution in [2.24, 2.45) is 0 Å². The van der Waals surface area contributed by atoms with E-state index < -0.39 is 138 Å². The first-order valence-corrected chi connectivity index (χ1v) is 33.8. The summed E-state index contributed by atoms with van der Waals surface area (Å²) in [5.41, 5.74) is 0.568. The summed E-state index contributed by atoms with van der Waals surface area (Å²) in [6.07, 6.45) is -11.7. The first-order valence-electron chi connectivity index (χ1n) is 27.8. The largest absolute Gasteiger partial charge is 0.492 e. The van der Waals surface area contributed by atoms with Crippen molar-refractivity contribution in [1.29, 1.82) is 0 Å². The van der Waals surface area contributed by atoms with E-state index >= 15 is 0 Å². The van der Waals surface area contributed by atoms with Gasteiger partial charge in [-0.25, -0.2) is 4.79 Å². The Labute approximate surface area is 536 Å². The lowest BCUT2D eigenvalue weighted by Gasteiger charge is -2.47. The SMILES string of the molecule is C=C1/C(=C\CSSSC)[C@@](O)(CC(=O)C(C)NC(=O)OC)C#C/C=C\C#C[C@]1(O)OC1OC(C)C(NOC2CC(O)C(SC(=O)c3c(C)c(I)c(OC4OC(C)C(O)C(OC)C4O)c(OC)c3OC)C(C)O2)C(O)C1OC1CC(OC)C(NCC)CO1. The monoisotopic (exact) mass is 1410 g/mol. The predicted molar refractivity (Wildman–Crippen MR) is 332 cm³/mol. The first-order chi connectivity index (χ1) is 41.3. The maximum Gasteiger partial charge on any atom is 0.407 e. The molecule has 18 unspecified atom stereocenters. The average molecular weight is 1410 g/mol. The van der Waals surface area contributed by atoms with Gasteiger partial charge >= 0.3 is 6.09 Å². The highest BCUT2D eigenvalue weighted by molar-refractivity contribution is 14.1. The number of aliphatic hydroxyl groups is 6. The van der Waals surface area contributed by atoms with E-state index in [-0.39, 0.29) is 65.2 Å². The summed E-state index contributed by atoms with van der Waals surface area (Å²) in [5, 5.41) is 75.5. The van der Waals surface area contributed by atoms with Gasteiger partial charge in [-0.15, -0.1) is 0 Å². The van der Waals surface area contributed by atoms with E-state index in [0.29, 0.717) is 15.7 Å². The molecule has 4 fully saturated rings. The van der Waals surface area contributed by atoms with E-state index in [4.69, 9.17) is 56.9 Å². The zero-order chi connectivity index (χ0) is 64.1. The molecule has 0 spiro atoms. The van der Waals surface area contributed by atoms with Gasteiger partial charge in [-0.1, -0.05) is 70.7 Å². The molecule has 1 aromatic rings. The number of likely N-dealkylation sites (N-methyl/N-ethyl adjacent to an activating group) is 1.